The molecule has 0 radical (unpaired) electrons. The van der Waals surface area contributed by atoms with Crippen LogP contribution in [0.3, 0.4) is 0 Å². The van der Waals surface area contributed by atoms with Crippen molar-refractivity contribution in [1.82, 2.24) is 35.1 Å². The third kappa shape index (κ3) is 7.80. The average molecular weight is 874 g/mol. The molecule has 2 aliphatic rings. The Morgan fingerprint density at radius 1 is 0.710 bits per heavy atom. The normalized spacial score (nSPS) is 17.9. The van der Waals surface area contributed by atoms with Gasteiger partial charge in [-0.1, -0.05) is 39.8 Å². The van der Waals surface area contributed by atoms with E-state index in [2.05, 4.69) is 63.8 Å². The predicted octanol–water partition coefficient (Wildman–Crippen LogP) is 9.75. The van der Waals surface area contributed by atoms with Gasteiger partial charge in [0.1, 0.15) is 17.7 Å². The van der Waals surface area contributed by atoms with Gasteiger partial charge < -0.3 is 34.6 Å². The number of imidazole rings is 2. The van der Waals surface area contributed by atoms with E-state index in [1.807, 2.05) is 49.6 Å². The minimum absolute atomic E-state index is 0.00633. The molecule has 3 amide bonds. The van der Waals surface area contributed by atoms with Gasteiger partial charge in [-0.15, -0.1) is 22.7 Å². The van der Waals surface area contributed by atoms with Crippen molar-refractivity contribution in [1.29, 1.82) is 0 Å². The number of methoxy groups -OCH3 is 2. The van der Waals surface area contributed by atoms with E-state index in [0.29, 0.717) is 13.1 Å². The highest BCUT2D eigenvalue weighted by Crippen LogP contribution is 2.42. The fourth-order valence-electron chi connectivity index (χ4n) is 9.13. The highest BCUT2D eigenvalue weighted by Gasteiger charge is 2.39. The molecule has 3 N–H and O–H groups in total. The zero-order valence-corrected chi connectivity index (χ0v) is 37.4. The van der Waals surface area contributed by atoms with Gasteiger partial charge in [-0.05, 0) is 108 Å². The molecule has 4 aromatic heterocycles. The smallest absolute Gasteiger partial charge is 0.407 e. The molecular weight excluding hydrogens is 823 g/mol. The van der Waals surface area contributed by atoms with Crippen molar-refractivity contribution >= 4 is 88.8 Å². The third-order valence-corrected chi connectivity index (χ3v) is 14.8. The Kier molecular flexibility index (Phi) is 11.3. The minimum Gasteiger partial charge on any atom is -0.469 e. The first-order valence-electron chi connectivity index (χ1n) is 21.4. The van der Waals surface area contributed by atoms with E-state index in [1.54, 1.807) is 22.7 Å². The lowest BCUT2D eigenvalue weighted by atomic mass is 9.91. The lowest BCUT2D eigenvalue weighted by Crippen LogP contribution is -2.51. The van der Waals surface area contributed by atoms with Crippen molar-refractivity contribution in [2.45, 2.75) is 77.9 Å². The third-order valence-electron chi connectivity index (χ3n) is 12.6. The summed E-state index contributed by atoms with van der Waals surface area (Å²) >= 11 is 3.53. The molecule has 0 unspecified atom stereocenters. The molecule has 0 saturated carbocycles. The van der Waals surface area contributed by atoms with Crippen molar-refractivity contribution in [3.63, 3.8) is 0 Å². The number of rotatable bonds is 11. The summed E-state index contributed by atoms with van der Waals surface area (Å²) in [4.78, 5) is 74.6. The van der Waals surface area contributed by atoms with Crippen molar-refractivity contribution in [2.24, 2.45) is 17.8 Å². The van der Waals surface area contributed by atoms with Gasteiger partial charge in [0.2, 0.25) is 11.8 Å². The van der Waals surface area contributed by atoms with Crippen LogP contribution in [0.15, 0.2) is 60.7 Å². The highest BCUT2D eigenvalue weighted by molar-refractivity contribution is 7.23. The number of amides is 3. The molecule has 322 valence electrons. The standard InChI is InChI=1S/C47H51N7O6S2/c1-24(2)30(23-41(55)59-5)45(56)53-15-7-9-35(53)43-48-31-13-11-26(17-33(31)50-43)37-19-28-21-40-29(22-39(28)61-37)20-38(62-40)27-12-14-32-34(18-27)51-44(49-32)36-10-8-16-54(36)46(57)42(25(3)4)52-47(58)60-6/h11-14,17-22,24-25,30,35-36,42H,7-10,15-16,23H2,1-6H3,(H,48,50)(H,49,51)(H,52,58)/t30-,35-,36-,42-/m0/s1. The van der Waals surface area contributed by atoms with Gasteiger partial charge in [-0.2, -0.15) is 0 Å². The maximum absolute atomic E-state index is 13.7. The van der Waals surface area contributed by atoms with Crippen LogP contribution in [0.2, 0.25) is 0 Å². The monoisotopic (exact) mass is 873 g/mol. The summed E-state index contributed by atoms with van der Waals surface area (Å²) in [7, 11) is 2.66. The van der Waals surface area contributed by atoms with E-state index in [9.17, 15) is 19.2 Å². The average Bonchev–Trinajstić information content (AvgIpc) is 4.12. The molecule has 6 heterocycles. The molecule has 3 aromatic carbocycles. The molecule has 0 spiro atoms. The van der Waals surface area contributed by atoms with Crippen LogP contribution in [-0.4, -0.2) is 87.0 Å². The molecular formula is C47H51N7O6S2. The Morgan fingerprint density at radius 3 is 1.69 bits per heavy atom. The second kappa shape index (κ2) is 16.8. The van der Waals surface area contributed by atoms with Crippen LogP contribution in [0.1, 0.15) is 83.5 Å². The van der Waals surface area contributed by atoms with Gasteiger partial charge in [-0.3, -0.25) is 14.4 Å². The molecule has 2 saturated heterocycles. The predicted molar refractivity (Wildman–Crippen MR) is 244 cm³/mol. The maximum atomic E-state index is 13.7. The minimum atomic E-state index is -0.686. The topological polar surface area (TPSA) is 163 Å². The van der Waals surface area contributed by atoms with Crippen LogP contribution >= 0.6 is 22.7 Å². The number of aromatic nitrogens is 4. The lowest BCUT2D eigenvalue weighted by Gasteiger charge is -2.29. The molecule has 2 fully saturated rings. The summed E-state index contributed by atoms with van der Waals surface area (Å²) in [5, 5.41) is 5.10. The van der Waals surface area contributed by atoms with Crippen LogP contribution in [0.25, 0.3) is 63.1 Å². The van der Waals surface area contributed by atoms with E-state index in [1.165, 1.54) is 39.3 Å². The number of esters is 1. The molecule has 4 atom stereocenters. The number of alkyl carbamates (subject to hydrolysis) is 1. The van der Waals surface area contributed by atoms with Crippen LogP contribution in [0.4, 0.5) is 4.79 Å². The first-order valence-corrected chi connectivity index (χ1v) is 23.0. The Labute approximate surface area is 367 Å². The summed E-state index contributed by atoms with van der Waals surface area (Å²) < 4.78 is 12.1. The Bertz CT molecular complexity index is 2620. The van der Waals surface area contributed by atoms with Gasteiger partial charge in [0, 0.05) is 32.2 Å². The zero-order valence-electron chi connectivity index (χ0n) is 35.7. The van der Waals surface area contributed by atoms with E-state index in [0.717, 1.165) is 75.4 Å². The van der Waals surface area contributed by atoms with Crippen molar-refractivity contribution in [3.8, 4) is 20.9 Å². The molecule has 13 nitrogen and oxygen atoms in total. The largest absolute Gasteiger partial charge is 0.469 e. The number of fused-ring (bicyclic) bond motifs is 4. The Hall–Kier alpha value is -5.80. The molecule has 15 heteroatoms. The van der Waals surface area contributed by atoms with E-state index >= 15 is 0 Å². The molecule has 7 aromatic rings. The summed E-state index contributed by atoms with van der Waals surface area (Å²) in [6, 6.07) is 20.6. The quantitative estimate of drug-likeness (QED) is 0.108. The van der Waals surface area contributed by atoms with Gasteiger partial charge in [0.15, 0.2) is 0 Å². The van der Waals surface area contributed by atoms with Gasteiger partial charge in [0.05, 0.1) is 60.7 Å². The van der Waals surface area contributed by atoms with Crippen LogP contribution in [-0.2, 0) is 23.9 Å². The first kappa shape index (κ1) is 41.5. The first-order chi connectivity index (χ1) is 29.9. The highest BCUT2D eigenvalue weighted by atomic mass is 32.1. The number of H-pyrrole nitrogens is 2. The summed E-state index contributed by atoms with van der Waals surface area (Å²) in [5.74, 6) is 0.483. The maximum Gasteiger partial charge on any atom is 0.407 e. The van der Waals surface area contributed by atoms with Gasteiger partial charge in [0.25, 0.3) is 0 Å². The molecule has 2 aliphatic heterocycles. The number of aromatic amines is 2. The van der Waals surface area contributed by atoms with Gasteiger partial charge >= 0.3 is 12.1 Å². The molecule has 62 heavy (non-hydrogen) atoms. The number of nitrogens with zero attached hydrogens (tertiary/aromatic N) is 4. The summed E-state index contributed by atoms with van der Waals surface area (Å²) in [6.45, 7) is 9.02. The molecule has 0 aliphatic carbocycles. The lowest BCUT2D eigenvalue weighted by molar-refractivity contribution is -0.148. The Balaban J connectivity index is 0.929. The second-order valence-electron chi connectivity index (χ2n) is 17.2. The summed E-state index contributed by atoms with van der Waals surface area (Å²) in [6.07, 6.45) is 2.80. The van der Waals surface area contributed by atoms with Crippen molar-refractivity contribution in [2.75, 3.05) is 27.3 Å². The van der Waals surface area contributed by atoms with Crippen molar-refractivity contribution in [3.05, 3.63) is 72.3 Å². The number of ether oxygens (including phenoxy) is 2. The SMILES string of the molecule is COC(=O)C[C@H](C(=O)N1CCC[C@H]1c1nc2ccc(-c3cc4cc5sc(-c6ccc7nc([C@@H]8CCCN8C(=O)[C@@H](NC(=O)OC)C(C)C)[nH]c7c6)cc5cc4s3)cc2[nH]1)C(C)C. The fraction of sp³-hybridized carbons (Fsp3) is 0.404. The van der Waals surface area contributed by atoms with Crippen LogP contribution in [0.5, 0.6) is 0 Å². The zero-order chi connectivity index (χ0) is 43.4. The number of benzene rings is 3. The van der Waals surface area contributed by atoms with E-state index in [-0.39, 0.29) is 48.1 Å². The number of likely N-dealkylation sites (tertiary alicyclic amines) is 2. The second-order valence-corrected chi connectivity index (χ2v) is 19.4. The molecule has 9 rings (SSSR count). The summed E-state index contributed by atoms with van der Waals surface area (Å²) in [5.41, 5.74) is 5.74. The fourth-order valence-corrected chi connectivity index (χ4v) is 11.3. The number of thiophene rings is 2. The number of carbonyl (C=O) groups is 4. The van der Waals surface area contributed by atoms with Crippen LogP contribution in [0, 0.1) is 17.8 Å². The van der Waals surface area contributed by atoms with Gasteiger partial charge in [-0.25, -0.2) is 14.8 Å². The number of hydrogen-bond acceptors (Lipinski definition) is 10. The van der Waals surface area contributed by atoms with E-state index in [4.69, 9.17) is 19.4 Å². The molecule has 0 bridgehead atoms. The number of carbonyl (C=O) groups excluding carboxylic acids is 4. The Morgan fingerprint density at radius 2 is 1.23 bits per heavy atom. The number of nitrogens with one attached hydrogen (secondary N) is 3. The van der Waals surface area contributed by atoms with Crippen molar-refractivity contribution < 1.29 is 28.7 Å². The van der Waals surface area contributed by atoms with E-state index < -0.39 is 18.1 Å². The number of hydrogen-bond donors (Lipinski definition) is 3. The van der Waals surface area contributed by atoms with Crippen LogP contribution < -0.4 is 5.32 Å².